The van der Waals surface area contributed by atoms with Crippen molar-refractivity contribution in [3.63, 3.8) is 0 Å². The van der Waals surface area contributed by atoms with Crippen molar-refractivity contribution in [1.82, 2.24) is 10.6 Å². The highest BCUT2D eigenvalue weighted by atomic mass is 16.5. The van der Waals surface area contributed by atoms with Crippen molar-refractivity contribution >= 4 is 6.03 Å². The van der Waals surface area contributed by atoms with Crippen LogP contribution in [0.1, 0.15) is 37.4 Å². The minimum atomic E-state index is -0.207. The maximum atomic E-state index is 12.5. The van der Waals surface area contributed by atoms with Crippen molar-refractivity contribution in [3.05, 3.63) is 53.6 Å². The molecule has 2 aromatic rings. The van der Waals surface area contributed by atoms with E-state index >= 15 is 0 Å². The molecule has 0 saturated heterocycles. The van der Waals surface area contributed by atoms with Gasteiger partial charge in [-0.05, 0) is 41.3 Å². The normalized spacial score (nSPS) is 14.1. The van der Waals surface area contributed by atoms with Gasteiger partial charge in [0.2, 0.25) is 0 Å². The van der Waals surface area contributed by atoms with E-state index in [9.17, 15) is 4.79 Å². The second kappa shape index (κ2) is 9.35. The van der Waals surface area contributed by atoms with Crippen LogP contribution < -0.4 is 24.8 Å². The van der Waals surface area contributed by atoms with Crippen LogP contribution in [0.4, 0.5) is 4.79 Å². The molecule has 1 heterocycles. The Hall–Kier alpha value is -2.89. The second-order valence-corrected chi connectivity index (χ2v) is 7.15. The van der Waals surface area contributed by atoms with E-state index in [1.54, 1.807) is 7.11 Å². The first kappa shape index (κ1) is 19.9. The highest BCUT2D eigenvalue weighted by molar-refractivity contribution is 5.74. The maximum absolute atomic E-state index is 12.5. The summed E-state index contributed by atoms with van der Waals surface area (Å²) >= 11 is 0. The predicted molar refractivity (Wildman–Crippen MR) is 108 cm³/mol. The van der Waals surface area contributed by atoms with Crippen LogP contribution in [0.25, 0.3) is 0 Å². The zero-order valence-corrected chi connectivity index (χ0v) is 16.7. The van der Waals surface area contributed by atoms with Crippen LogP contribution >= 0.6 is 0 Å². The second-order valence-electron chi connectivity index (χ2n) is 7.15. The lowest BCUT2D eigenvalue weighted by Crippen LogP contribution is -2.39. The van der Waals surface area contributed by atoms with Crippen LogP contribution in [0.5, 0.6) is 17.2 Å². The summed E-state index contributed by atoms with van der Waals surface area (Å²) in [6, 6.07) is 13.2. The SMILES string of the molecule is COc1ccc(CNC(=O)N[C@H](c2ccc3c(c2)OCCCO3)C(C)C)cc1. The van der Waals surface area contributed by atoms with Gasteiger partial charge in [0.1, 0.15) is 5.75 Å². The third kappa shape index (κ3) is 5.09. The number of carbonyl (C=O) groups excluding carboxylic acids is 1. The van der Waals surface area contributed by atoms with E-state index in [1.807, 2.05) is 42.5 Å². The Labute approximate surface area is 166 Å². The Balaban J connectivity index is 1.63. The highest BCUT2D eigenvalue weighted by Gasteiger charge is 2.21. The van der Waals surface area contributed by atoms with Crippen molar-refractivity contribution in [2.45, 2.75) is 32.9 Å². The molecule has 0 unspecified atom stereocenters. The number of hydrogen-bond donors (Lipinski definition) is 2. The first-order chi connectivity index (χ1) is 13.6. The van der Waals surface area contributed by atoms with Crippen molar-refractivity contribution in [2.24, 2.45) is 5.92 Å². The van der Waals surface area contributed by atoms with Gasteiger partial charge in [-0.1, -0.05) is 32.0 Å². The molecular weight excluding hydrogens is 356 g/mol. The fourth-order valence-corrected chi connectivity index (χ4v) is 3.13. The zero-order valence-electron chi connectivity index (χ0n) is 16.7. The molecule has 2 aromatic carbocycles. The largest absolute Gasteiger partial charge is 0.497 e. The molecule has 28 heavy (non-hydrogen) atoms. The summed E-state index contributed by atoms with van der Waals surface area (Å²) in [6.45, 7) is 5.90. The fourth-order valence-electron chi connectivity index (χ4n) is 3.13. The molecule has 0 aromatic heterocycles. The lowest BCUT2D eigenvalue weighted by atomic mass is 9.96. The van der Waals surface area contributed by atoms with E-state index < -0.39 is 0 Å². The fraction of sp³-hybridized carbons (Fsp3) is 0.409. The van der Waals surface area contributed by atoms with Gasteiger partial charge in [-0.2, -0.15) is 0 Å². The minimum absolute atomic E-state index is 0.131. The molecule has 2 N–H and O–H groups in total. The number of urea groups is 1. The summed E-state index contributed by atoms with van der Waals surface area (Å²) in [5.41, 5.74) is 2.01. The van der Waals surface area contributed by atoms with Crippen LogP contribution in [-0.2, 0) is 6.54 Å². The lowest BCUT2D eigenvalue weighted by molar-refractivity contribution is 0.232. The number of ether oxygens (including phenoxy) is 3. The Morgan fingerprint density at radius 2 is 1.79 bits per heavy atom. The minimum Gasteiger partial charge on any atom is -0.497 e. The molecule has 0 bridgehead atoms. The molecule has 6 nitrogen and oxygen atoms in total. The van der Waals surface area contributed by atoms with Gasteiger partial charge in [-0.3, -0.25) is 0 Å². The first-order valence-corrected chi connectivity index (χ1v) is 9.63. The molecule has 0 fully saturated rings. The molecule has 1 aliphatic rings. The van der Waals surface area contributed by atoms with E-state index in [2.05, 4.69) is 24.5 Å². The maximum Gasteiger partial charge on any atom is 0.315 e. The molecule has 0 radical (unpaired) electrons. The summed E-state index contributed by atoms with van der Waals surface area (Å²) in [7, 11) is 1.63. The number of hydrogen-bond acceptors (Lipinski definition) is 4. The van der Waals surface area contributed by atoms with Crippen LogP contribution in [0.3, 0.4) is 0 Å². The predicted octanol–water partition coefficient (Wildman–Crippen LogP) is 4.05. The summed E-state index contributed by atoms with van der Waals surface area (Å²) in [4.78, 5) is 12.5. The Morgan fingerprint density at radius 1 is 1.07 bits per heavy atom. The van der Waals surface area contributed by atoms with Crippen LogP contribution in [0.2, 0.25) is 0 Å². The van der Waals surface area contributed by atoms with Gasteiger partial charge < -0.3 is 24.8 Å². The number of nitrogens with one attached hydrogen (secondary N) is 2. The lowest BCUT2D eigenvalue weighted by Gasteiger charge is -2.24. The quantitative estimate of drug-likeness (QED) is 0.788. The van der Waals surface area contributed by atoms with E-state index in [-0.39, 0.29) is 18.0 Å². The number of carbonyl (C=O) groups is 1. The molecule has 0 aliphatic carbocycles. The van der Waals surface area contributed by atoms with E-state index in [0.29, 0.717) is 19.8 Å². The third-order valence-corrected chi connectivity index (χ3v) is 4.70. The average Bonchev–Trinajstić information content (AvgIpc) is 2.95. The molecular formula is C22H28N2O4. The summed E-state index contributed by atoms with van der Waals surface area (Å²) in [5.74, 6) is 2.51. The highest BCUT2D eigenvalue weighted by Crippen LogP contribution is 2.34. The van der Waals surface area contributed by atoms with Crippen molar-refractivity contribution < 1.29 is 19.0 Å². The number of amides is 2. The molecule has 2 amide bonds. The summed E-state index contributed by atoms with van der Waals surface area (Å²) in [5, 5.41) is 5.99. The number of fused-ring (bicyclic) bond motifs is 1. The van der Waals surface area contributed by atoms with Gasteiger partial charge in [0.15, 0.2) is 11.5 Å². The number of benzene rings is 2. The summed E-state index contributed by atoms with van der Waals surface area (Å²) in [6.07, 6.45) is 0.865. The standard InChI is InChI=1S/C22H28N2O4/c1-15(2)21(17-7-10-19-20(13-17)28-12-4-11-27-19)24-22(25)23-14-16-5-8-18(26-3)9-6-16/h5-10,13,15,21H,4,11-12,14H2,1-3H3,(H2,23,24,25)/t21-/m0/s1. The van der Waals surface area contributed by atoms with Gasteiger partial charge in [0.05, 0.1) is 26.4 Å². The number of rotatable bonds is 6. The van der Waals surface area contributed by atoms with Gasteiger partial charge in [0, 0.05) is 13.0 Å². The topological polar surface area (TPSA) is 68.8 Å². The molecule has 1 atom stereocenters. The molecule has 150 valence electrons. The van der Waals surface area contributed by atoms with Gasteiger partial charge in [-0.15, -0.1) is 0 Å². The molecule has 0 saturated carbocycles. The molecule has 0 spiro atoms. The van der Waals surface area contributed by atoms with E-state index in [4.69, 9.17) is 14.2 Å². The van der Waals surface area contributed by atoms with Crippen LogP contribution in [-0.4, -0.2) is 26.4 Å². The van der Waals surface area contributed by atoms with Gasteiger partial charge in [0.25, 0.3) is 0 Å². The first-order valence-electron chi connectivity index (χ1n) is 9.63. The Kier molecular flexibility index (Phi) is 6.63. The van der Waals surface area contributed by atoms with Gasteiger partial charge >= 0.3 is 6.03 Å². The molecule has 3 rings (SSSR count). The van der Waals surface area contributed by atoms with Crippen LogP contribution in [0, 0.1) is 5.92 Å². The third-order valence-electron chi connectivity index (χ3n) is 4.70. The van der Waals surface area contributed by atoms with Crippen molar-refractivity contribution in [1.29, 1.82) is 0 Å². The Bertz CT molecular complexity index is 790. The van der Waals surface area contributed by atoms with E-state index in [0.717, 1.165) is 34.8 Å². The smallest absolute Gasteiger partial charge is 0.315 e. The van der Waals surface area contributed by atoms with Crippen molar-refractivity contribution in [2.75, 3.05) is 20.3 Å². The average molecular weight is 384 g/mol. The number of methoxy groups -OCH3 is 1. The molecule has 1 aliphatic heterocycles. The van der Waals surface area contributed by atoms with Crippen LogP contribution in [0.15, 0.2) is 42.5 Å². The zero-order chi connectivity index (χ0) is 19.9. The van der Waals surface area contributed by atoms with E-state index in [1.165, 1.54) is 0 Å². The molecule has 6 heteroatoms. The summed E-state index contributed by atoms with van der Waals surface area (Å²) < 4.78 is 16.6. The Morgan fingerprint density at radius 3 is 2.46 bits per heavy atom. The van der Waals surface area contributed by atoms with Crippen molar-refractivity contribution in [3.8, 4) is 17.2 Å². The monoisotopic (exact) mass is 384 g/mol. The van der Waals surface area contributed by atoms with Gasteiger partial charge in [-0.25, -0.2) is 4.79 Å².